The van der Waals surface area contributed by atoms with Crippen molar-refractivity contribution in [3.05, 3.63) is 28.8 Å². The van der Waals surface area contributed by atoms with Gasteiger partial charge in [0.2, 0.25) is 0 Å². The zero-order valence-corrected chi connectivity index (χ0v) is 12.8. The summed E-state index contributed by atoms with van der Waals surface area (Å²) in [5, 5.41) is 3.79. The predicted molar refractivity (Wildman–Crippen MR) is 77.4 cm³/mol. The molecule has 114 valence electrons. The van der Waals surface area contributed by atoms with E-state index in [-0.39, 0.29) is 24.1 Å². The zero-order chi connectivity index (χ0) is 15.2. The van der Waals surface area contributed by atoms with Gasteiger partial charge in [-0.1, -0.05) is 25.4 Å². The molecule has 0 bridgehead atoms. The highest BCUT2D eigenvalue weighted by Crippen LogP contribution is 2.30. The number of ether oxygens (including phenoxy) is 1. The van der Waals surface area contributed by atoms with E-state index >= 15 is 0 Å². The molecule has 20 heavy (non-hydrogen) atoms. The van der Waals surface area contributed by atoms with Crippen molar-refractivity contribution in [3.8, 4) is 5.75 Å². The fourth-order valence-electron chi connectivity index (χ4n) is 1.45. The number of hydrogen-bond donors (Lipinski definition) is 1. The van der Waals surface area contributed by atoms with Gasteiger partial charge in [0, 0.05) is 28.9 Å². The van der Waals surface area contributed by atoms with Crippen LogP contribution in [0.4, 0.5) is 13.2 Å². The first-order chi connectivity index (χ1) is 9.28. The lowest BCUT2D eigenvalue weighted by atomic mass is 10.2. The highest BCUT2D eigenvalue weighted by atomic mass is 35.5. The van der Waals surface area contributed by atoms with Crippen LogP contribution in [0.1, 0.15) is 19.4 Å². The van der Waals surface area contributed by atoms with Crippen LogP contribution in [0.25, 0.3) is 0 Å². The lowest BCUT2D eigenvalue weighted by Crippen LogP contribution is -2.22. The molecule has 0 fully saturated rings. The molecule has 0 aromatic heterocycles. The molecule has 1 rings (SSSR count). The molecule has 0 atom stereocenters. The monoisotopic (exact) mass is 327 g/mol. The molecule has 7 heteroatoms. The van der Waals surface area contributed by atoms with E-state index < -0.39 is 5.51 Å². The number of hydrogen-bond acceptors (Lipinski definition) is 3. The van der Waals surface area contributed by atoms with Crippen LogP contribution in [-0.2, 0) is 6.54 Å². The van der Waals surface area contributed by atoms with E-state index in [4.69, 9.17) is 16.3 Å². The van der Waals surface area contributed by atoms with Crippen molar-refractivity contribution < 1.29 is 17.9 Å². The summed E-state index contributed by atoms with van der Waals surface area (Å²) in [4.78, 5) is 0. The molecule has 0 amide bonds. The number of halogens is 4. The Morgan fingerprint density at radius 2 is 2.05 bits per heavy atom. The summed E-state index contributed by atoms with van der Waals surface area (Å²) in [6, 6.07) is 5.39. The Hall–Kier alpha value is -0.590. The summed E-state index contributed by atoms with van der Waals surface area (Å²) in [6.45, 7) is 4.57. The first-order valence-corrected chi connectivity index (χ1v) is 7.49. The van der Waals surface area contributed by atoms with Crippen LogP contribution in [0.3, 0.4) is 0 Å². The fraction of sp³-hybridized carbons (Fsp3) is 0.538. The molecule has 0 aliphatic rings. The Morgan fingerprint density at radius 3 is 2.65 bits per heavy atom. The number of benzene rings is 1. The van der Waals surface area contributed by atoms with Crippen LogP contribution in [0.5, 0.6) is 5.75 Å². The van der Waals surface area contributed by atoms with Gasteiger partial charge in [0.1, 0.15) is 5.75 Å². The van der Waals surface area contributed by atoms with E-state index in [1.54, 1.807) is 18.2 Å². The first kappa shape index (κ1) is 17.5. The summed E-state index contributed by atoms with van der Waals surface area (Å²) >= 11 is 5.83. The predicted octanol–water partition coefficient (Wildman–Crippen LogP) is 4.47. The SMILES string of the molecule is CC(C)NCc1cc(Cl)ccc1OCCSC(F)(F)F. The summed E-state index contributed by atoms with van der Waals surface area (Å²) in [7, 11) is 0. The molecule has 0 spiro atoms. The minimum atomic E-state index is -4.22. The van der Waals surface area contributed by atoms with Crippen molar-refractivity contribution in [3.63, 3.8) is 0 Å². The van der Waals surface area contributed by atoms with Gasteiger partial charge in [0.15, 0.2) is 0 Å². The molecule has 1 N–H and O–H groups in total. The molecule has 0 radical (unpaired) electrons. The van der Waals surface area contributed by atoms with E-state index in [1.807, 2.05) is 13.8 Å². The normalized spacial score (nSPS) is 11.9. The molecule has 0 saturated carbocycles. The second-order valence-electron chi connectivity index (χ2n) is 4.43. The molecule has 0 aliphatic carbocycles. The van der Waals surface area contributed by atoms with E-state index in [0.717, 1.165) is 5.56 Å². The first-order valence-electron chi connectivity index (χ1n) is 6.13. The molecule has 2 nitrogen and oxygen atoms in total. The van der Waals surface area contributed by atoms with E-state index in [9.17, 15) is 13.2 Å². The number of nitrogens with one attached hydrogen (secondary N) is 1. The van der Waals surface area contributed by atoms with Crippen LogP contribution < -0.4 is 10.1 Å². The van der Waals surface area contributed by atoms with Crippen LogP contribution in [0.15, 0.2) is 18.2 Å². The Kier molecular flexibility index (Phi) is 6.99. The van der Waals surface area contributed by atoms with Gasteiger partial charge in [-0.3, -0.25) is 0 Å². The minimum Gasteiger partial charge on any atom is -0.492 e. The maximum absolute atomic E-state index is 12.0. The average molecular weight is 328 g/mol. The standard InChI is InChI=1S/C13H17ClF3NOS/c1-9(2)18-8-10-7-11(14)3-4-12(10)19-5-6-20-13(15,16)17/h3-4,7,9,18H,5-6,8H2,1-2H3. The number of alkyl halides is 3. The maximum atomic E-state index is 12.0. The molecule has 0 aliphatic heterocycles. The largest absolute Gasteiger partial charge is 0.492 e. The van der Waals surface area contributed by atoms with Gasteiger partial charge in [-0.25, -0.2) is 0 Å². The van der Waals surface area contributed by atoms with Gasteiger partial charge in [-0.15, -0.1) is 0 Å². The highest BCUT2D eigenvalue weighted by Gasteiger charge is 2.27. The van der Waals surface area contributed by atoms with Gasteiger partial charge in [0.05, 0.1) is 6.61 Å². The smallest absolute Gasteiger partial charge is 0.441 e. The van der Waals surface area contributed by atoms with Crippen molar-refractivity contribution in [2.24, 2.45) is 0 Å². The minimum absolute atomic E-state index is 0.000484. The van der Waals surface area contributed by atoms with Crippen LogP contribution in [0.2, 0.25) is 5.02 Å². The van der Waals surface area contributed by atoms with Gasteiger partial charge in [-0.2, -0.15) is 13.2 Å². The van der Waals surface area contributed by atoms with Gasteiger partial charge >= 0.3 is 5.51 Å². The quantitative estimate of drug-likeness (QED) is 0.747. The number of rotatable bonds is 7. The van der Waals surface area contributed by atoms with E-state index in [2.05, 4.69) is 5.32 Å². The second-order valence-corrected chi connectivity index (χ2v) is 6.03. The molecule has 1 aromatic carbocycles. The maximum Gasteiger partial charge on any atom is 0.441 e. The fourth-order valence-corrected chi connectivity index (χ4v) is 2.04. The van der Waals surface area contributed by atoms with Gasteiger partial charge < -0.3 is 10.1 Å². The molecule has 0 unspecified atom stereocenters. The highest BCUT2D eigenvalue weighted by molar-refractivity contribution is 8.00. The summed E-state index contributed by atoms with van der Waals surface area (Å²) in [5.41, 5.74) is -3.38. The summed E-state index contributed by atoms with van der Waals surface area (Å²) in [6.07, 6.45) is 0. The Morgan fingerprint density at radius 1 is 1.35 bits per heavy atom. The van der Waals surface area contributed by atoms with Crippen molar-refractivity contribution in [2.75, 3.05) is 12.4 Å². The summed E-state index contributed by atoms with van der Waals surface area (Å²) < 4.78 is 41.4. The second kappa shape index (κ2) is 8.00. The van der Waals surface area contributed by atoms with Crippen molar-refractivity contribution in [2.45, 2.75) is 31.9 Å². The Balaban J connectivity index is 2.55. The van der Waals surface area contributed by atoms with Crippen LogP contribution in [0, 0.1) is 0 Å². The van der Waals surface area contributed by atoms with Gasteiger partial charge in [0.25, 0.3) is 0 Å². The van der Waals surface area contributed by atoms with Crippen molar-refractivity contribution in [1.29, 1.82) is 0 Å². The Bertz CT molecular complexity index is 427. The number of thioether (sulfide) groups is 1. The third kappa shape index (κ3) is 7.26. The lowest BCUT2D eigenvalue weighted by molar-refractivity contribution is -0.0329. The molecule has 1 aromatic rings. The molecule has 0 heterocycles. The molecule has 0 saturated heterocycles. The van der Waals surface area contributed by atoms with Crippen molar-refractivity contribution >= 4 is 23.4 Å². The topological polar surface area (TPSA) is 21.3 Å². The average Bonchev–Trinajstić information content (AvgIpc) is 2.32. The third-order valence-corrected chi connectivity index (χ3v) is 3.26. The third-order valence-electron chi connectivity index (χ3n) is 2.33. The summed E-state index contributed by atoms with van der Waals surface area (Å²) in [5.74, 6) is 0.425. The Labute approximate surface area is 126 Å². The van der Waals surface area contributed by atoms with Crippen LogP contribution >= 0.6 is 23.4 Å². The van der Waals surface area contributed by atoms with Crippen LogP contribution in [-0.4, -0.2) is 23.9 Å². The van der Waals surface area contributed by atoms with Gasteiger partial charge in [-0.05, 0) is 30.0 Å². The van der Waals surface area contributed by atoms with E-state index in [0.29, 0.717) is 23.4 Å². The molecular weight excluding hydrogens is 311 g/mol. The molecular formula is C13H17ClF3NOS. The van der Waals surface area contributed by atoms with Crippen molar-refractivity contribution in [1.82, 2.24) is 5.32 Å². The lowest BCUT2D eigenvalue weighted by Gasteiger charge is -2.14. The van der Waals surface area contributed by atoms with E-state index in [1.165, 1.54) is 0 Å². The zero-order valence-electron chi connectivity index (χ0n) is 11.3.